The number of rotatable bonds is 9. The van der Waals surface area contributed by atoms with Gasteiger partial charge in [0.05, 0.1) is 20.3 Å². The van der Waals surface area contributed by atoms with Gasteiger partial charge in [-0.1, -0.05) is 26.8 Å². The van der Waals surface area contributed by atoms with Crippen molar-refractivity contribution in [1.29, 1.82) is 5.26 Å². The zero-order valence-electron chi connectivity index (χ0n) is 20.3. The topological polar surface area (TPSA) is 83.8 Å². The van der Waals surface area contributed by atoms with E-state index in [1.807, 2.05) is 26.0 Å². The summed E-state index contributed by atoms with van der Waals surface area (Å²) < 4.78 is 16.7. The van der Waals surface area contributed by atoms with E-state index in [-0.39, 0.29) is 16.9 Å². The summed E-state index contributed by atoms with van der Waals surface area (Å²) in [5, 5.41) is 12.5. The third-order valence-corrected chi connectivity index (χ3v) is 5.06. The Kier molecular flexibility index (Phi) is 9.11. The molecule has 0 radical (unpaired) electrons. The molecule has 1 aromatic rings. The van der Waals surface area contributed by atoms with Crippen LogP contribution in [0, 0.1) is 16.7 Å². The number of carbonyl (C=O) groups is 1. The predicted molar refractivity (Wildman–Crippen MR) is 126 cm³/mol. The third kappa shape index (κ3) is 8.52. The fourth-order valence-corrected chi connectivity index (χ4v) is 4.06. The molecule has 0 bridgehead atoms. The fourth-order valence-electron chi connectivity index (χ4n) is 4.06. The van der Waals surface area contributed by atoms with Crippen molar-refractivity contribution in [3.63, 3.8) is 0 Å². The van der Waals surface area contributed by atoms with E-state index in [4.69, 9.17) is 14.2 Å². The van der Waals surface area contributed by atoms with Gasteiger partial charge in [0.25, 0.3) is 5.91 Å². The van der Waals surface area contributed by atoms with Crippen molar-refractivity contribution in [3.8, 4) is 17.6 Å². The number of ether oxygens (including phenoxy) is 3. The molecular weight excluding hydrogens is 406 g/mol. The van der Waals surface area contributed by atoms with Crippen LogP contribution in [0.4, 0.5) is 0 Å². The molecule has 0 atom stereocenters. The number of morpholine rings is 1. The van der Waals surface area contributed by atoms with Gasteiger partial charge in [0.15, 0.2) is 11.5 Å². The number of methoxy groups -OCH3 is 1. The number of hydrogen-bond acceptors (Lipinski definition) is 6. The van der Waals surface area contributed by atoms with Crippen molar-refractivity contribution in [2.45, 2.75) is 46.6 Å². The number of amides is 1. The number of nitrogens with zero attached hydrogens (tertiary/aromatic N) is 2. The molecule has 0 spiro atoms. The SMILES string of the molecule is COc1cc(C=C(C#N)C(=O)NC(C)(C)CC(C)(C)C)ccc1OCCN1CCOCC1. The first-order valence-electron chi connectivity index (χ1n) is 11.1. The minimum absolute atomic E-state index is 0.0509. The van der Waals surface area contributed by atoms with Crippen LogP contribution in [0.3, 0.4) is 0 Å². The molecule has 0 saturated carbocycles. The molecule has 0 unspecified atom stereocenters. The van der Waals surface area contributed by atoms with E-state index in [0.29, 0.717) is 23.7 Å². The summed E-state index contributed by atoms with van der Waals surface area (Å²) >= 11 is 0. The predicted octanol–water partition coefficient (Wildman–Crippen LogP) is 3.64. The van der Waals surface area contributed by atoms with Crippen LogP contribution in [-0.2, 0) is 9.53 Å². The van der Waals surface area contributed by atoms with Crippen molar-refractivity contribution in [2.24, 2.45) is 5.41 Å². The maximum absolute atomic E-state index is 12.7. The van der Waals surface area contributed by atoms with Crippen LogP contribution in [-0.4, -0.2) is 62.9 Å². The van der Waals surface area contributed by atoms with Crippen molar-refractivity contribution >= 4 is 12.0 Å². The van der Waals surface area contributed by atoms with E-state index in [1.165, 1.54) is 0 Å². The number of carbonyl (C=O) groups excluding carboxylic acids is 1. The van der Waals surface area contributed by atoms with Crippen LogP contribution in [0.15, 0.2) is 23.8 Å². The first-order valence-corrected chi connectivity index (χ1v) is 11.1. The van der Waals surface area contributed by atoms with Gasteiger partial charge in [-0.25, -0.2) is 0 Å². The van der Waals surface area contributed by atoms with Crippen LogP contribution in [0.2, 0.25) is 0 Å². The molecule has 1 amide bonds. The zero-order chi connectivity index (χ0) is 23.8. The summed E-state index contributed by atoms with van der Waals surface area (Å²) in [6.07, 6.45) is 2.36. The second-order valence-corrected chi connectivity index (χ2v) is 9.96. The molecule has 176 valence electrons. The normalized spacial score (nSPS) is 15.7. The standard InChI is InChI=1S/C25H37N3O4/c1-24(2,3)18-25(4,5)27-23(29)20(17-26)15-19-7-8-21(22(16-19)30-6)32-14-11-28-9-12-31-13-10-28/h7-8,15-16H,9-14,18H2,1-6H3,(H,27,29). The van der Waals surface area contributed by atoms with Gasteiger partial charge in [0.2, 0.25) is 0 Å². The van der Waals surface area contributed by atoms with Crippen molar-refractivity contribution in [3.05, 3.63) is 29.3 Å². The summed E-state index contributed by atoms with van der Waals surface area (Å²) in [7, 11) is 1.57. The molecule has 1 fully saturated rings. The average molecular weight is 444 g/mol. The Balaban J connectivity index is 2.05. The van der Waals surface area contributed by atoms with E-state index in [9.17, 15) is 10.1 Å². The van der Waals surface area contributed by atoms with Crippen LogP contribution >= 0.6 is 0 Å². The average Bonchev–Trinajstić information content (AvgIpc) is 2.71. The maximum Gasteiger partial charge on any atom is 0.262 e. The van der Waals surface area contributed by atoms with Gasteiger partial charge in [0, 0.05) is 25.2 Å². The summed E-state index contributed by atoms with van der Waals surface area (Å²) in [4.78, 5) is 15.0. The van der Waals surface area contributed by atoms with E-state index >= 15 is 0 Å². The molecule has 1 heterocycles. The lowest BCUT2D eigenvalue weighted by molar-refractivity contribution is -0.118. The highest BCUT2D eigenvalue weighted by molar-refractivity contribution is 6.02. The molecule has 1 aliphatic heterocycles. The molecule has 0 aromatic heterocycles. The zero-order valence-corrected chi connectivity index (χ0v) is 20.3. The molecule has 0 aliphatic carbocycles. The summed E-state index contributed by atoms with van der Waals surface area (Å²) in [5.74, 6) is 0.810. The molecule has 1 saturated heterocycles. The van der Waals surface area contributed by atoms with Gasteiger partial charge >= 0.3 is 0 Å². The molecule has 1 aliphatic rings. The van der Waals surface area contributed by atoms with E-state index < -0.39 is 5.54 Å². The molecule has 1 N–H and O–H groups in total. The Labute approximate surface area is 192 Å². The second-order valence-electron chi connectivity index (χ2n) is 9.96. The Morgan fingerprint density at radius 2 is 1.91 bits per heavy atom. The lowest BCUT2D eigenvalue weighted by Crippen LogP contribution is -2.46. The molecule has 1 aromatic carbocycles. The Hall–Kier alpha value is -2.56. The fraction of sp³-hybridized carbons (Fsp3) is 0.600. The smallest absolute Gasteiger partial charge is 0.262 e. The van der Waals surface area contributed by atoms with Gasteiger partial charge in [-0.05, 0) is 49.5 Å². The Morgan fingerprint density at radius 3 is 2.50 bits per heavy atom. The van der Waals surface area contributed by atoms with Crippen molar-refractivity contribution in [2.75, 3.05) is 46.6 Å². The minimum atomic E-state index is -0.429. The summed E-state index contributed by atoms with van der Waals surface area (Å²) in [6, 6.07) is 7.42. The lowest BCUT2D eigenvalue weighted by atomic mass is 9.81. The molecule has 7 nitrogen and oxygen atoms in total. The number of benzene rings is 1. The molecule has 2 rings (SSSR count). The second kappa shape index (κ2) is 11.3. The number of nitriles is 1. The van der Waals surface area contributed by atoms with E-state index in [2.05, 4.69) is 31.0 Å². The number of nitrogens with one attached hydrogen (secondary N) is 1. The third-order valence-electron chi connectivity index (χ3n) is 5.06. The van der Waals surface area contributed by atoms with Gasteiger partial charge in [-0.2, -0.15) is 5.26 Å². The monoisotopic (exact) mass is 443 g/mol. The van der Waals surface area contributed by atoms with Gasteiger partial charge in [-0.15, -0.1) is 0 Å². The molecule has 7 heteroatoms. The molecule has 32 heavy (non-hydrogen) atoms. The lowest BCUT2D eigenvalue weighted by Gasteiger charge is -2.33. The largest absolute Gasteiger partial charge is 0.493 e. The minimum Gasteiger partial charge on any atom is -0.493 e. The van der Waals surface area contributed by atoms with Crippen LogP contribution < -0.4 is 14.8 Å². The Bertz CT molecular complexity index is 844. The number of hydrogen-bond donors (Lipinski definition) is 1. The molecular formula is C25H37N3O4. The highest BCUT2D eigenvalue weighted by Crippen LogP contribution is 2.30. The highest BCUT2D eigenvalue weighted by atomic mass is 16.5. The van der Waals surface area contributed by atoms with Crippen molar-refractivity contribution in [1.82, 2.24) is 10.2 Å². The maximum atomic E-state index is 12.7. The van der Waals surface area contributed by atoms with Crippen LogP contribution in [0.1, 0.15) is 46.6 Å². The van der Waals surface area contributed by atoms with Crippen LogP contribution in [0.25, 0.3) is 6.08 Å². The summed E-state index contributed by atoms with van der Waals surface area (Å²) in [6.45, 7) is 15.0. The Morgan fingerprint density at radius 1 is 1.22 bits per heavy atom. The van der Waals surface area contributed by atoms with Gasteiger partial charge in [0.1, 0.15) is 18.2 Å². The highest BCUT2D eigenvalue weighted by Gasteiger charge is 2.28. The van der Waals surface area contributed by atoms with Crippen LogP contribution in [0.5, 0.6) is 11.5 Å². The first-order chi connectivity index (χ1) is 15.0. The van der Waals surface area contributed by atoms with Crippen molar-refractivity contribution < 1.29 is 19.0 Å². The van der Waals surface area contributed by atoms with Gasteiger partial charge < -0.3 is 19.5 Å². The van der Waals surface area contributed by atoms with Gasteiger partial charge in [-0.3, -0.25) is 9.69 Å². The summed E-state index contributed by atoms with van der Waals surface area (Å²) in [5.41, 5.74) is 0.372. The quantitative estimate of drug-likeness (QED) is 0.463. The van der Waals surface area contributed by atoms with E-state index in [0.717, 1.165) is 39.3 Å². The first kappa shape index (κ1) is 25.7. The van der Waals surface area contributed by atoms with E-state index in [1.54, 1.807) is 25.3 Å².